The topological polar surface area (TPSA) is 82.1 Å². The van der Waals surface area contributed by atoms with Crippen LogP contribution in [0, 0.1) is 12.3 Å². The van der Waals surface area contributed by atoms with Crippen LogP contribution in [0.4, 0.5) is 0 Å². The van der Waals surface area contributed by atoms with Gasteiger partial charge in [0.05, 0.1) is 13.2 Å². The van der Waals surface area contributed by atoms with Gasteiger partial charge in [0.15, 0.2) is 0 Å². The Morgan fingerprint density at radius 1 is 1.28 bits per heavy atom. The first-order chi connectivity index (χ1) is 11.9. The molecular formula is C19H20O6. The molecule has 2 atom stereocenters. The number of ether oxygens (including phenoxy) is 3. The molecule has 0 saturated carbocycles. The van der Waals surface area contributed by atoms with Crippen LogP contribution in [0.2, 0.25) is 0 Å². The number of carbonyl (C=O) groups excluding carboxylic acids is 2. The zero-order chi connectivity index (χ0) is 18.4. The van der Waals surface area contributed by atoms with E-state index in [0.29, 0.717) is 5.56 Å². The molecule has 132 valence electrons. The van der Waals surface area contributed by atoms with Crippen LogP contribution >= 0.6 is 0 Å². The van der Waals surface area contributed by atoms with Crippen LogP contribution in [0.5, 0.6) is 0 Å². The van der Waals surface area contributed by atoms with E-state index in [1.165, 1.54) is 6.08 Å². The molecule has 1 aromatic carbocycles. The third kappa shape index (κ3) is 4.20. The summed E-state index contributed by atoms with van der Waals surface area (Å²) < 4.78 is 15.0. The Bertz CT molecular complexity index is 712. The van der Waals surface area contributed by atoms with Crippen molar-refractivity contribution < 1.29 is 28.9 Å². The molecular weight excluding hydrogens is 324 g/mol. The van der Waals surface area contributed by atoms with Crippen molar-refractivity contribution >= 4 is 11.9 Å². The molecule has 6 heteroatoms. The van der Waals surface area contributed by atoms with E-state index in [0.717, 1.165) is 5.56 Å². The summed E-state index contributed by atoms with van der Waals surface area (Å²) >= 11 is 0. The lowest BCUT2D eigenvalue weighted by atomic mass is 9.88. The van der Waals surface area contributed by atoms with Gasteiger partial charge in [0.1, 0.15) is 0 Å². The van der Waals surface area contributed by atoms with Gasteiger partial charge in [-0.2, -0.15) is 0 Å². The normalized spacial score (nSPS) is 22.2. The number of terminal acetylenes is 1. The van der Waals surface area contributed by atoms with E-state index in [-0.39, 0.29) is 25.4 Å². The fraction of sp³-hybridized carbons (Fsp3) is 0.368. The van der Waals surface area contributed by atoms with Crippen molar-refractivity contribution in [1.29, 1.82) is 0 Å². The van der Waals surface area contributed by atoms with Gasteiger partial charge in [0.2, 0.25) is 5.76 Å². The highest BCUT2D eigenvalue weighted by molar-refractivity contribution is 5.88. The van der Waals surface area contributed by atoms with Gasteiger partial charge in [-0.1, -0.05) is 18.1 Å². The molecule has 1 aliphatic rings. The summed E-state index contributed by atoms with van der Waals surface area (Å²) in [6, 6.07) is 7.03. The van der Waals surface area contributed by atoms with Crippen LogP contribution in [-0.4, -0.2) is 36.0 Å². The van der Waals surface area contributed by atoms with Crippen LogP contribution in [0.3, 0.4) is 0 Å². The lowest BCUT2D eigenvalue weighted by molar-refractivity contribution is -0.224. The smallest absolute Gasteiger partial charge is 0.379 e. The summed E-state index contributed by atoms with van der Waals surface area (Å²) in [5.41, 5.74) is 1.47. The highest BCUT2D eigenvalue weighted by Crippen LogP contribution is 2.37. The van der Waals surface area contributed by atoms with E-state index in [1.807, 2.05) is 0 Å². The van der Waals surface area contributed by atoms with Crippen molar-refractivity contribution in [3.8, 4) is 12.3 Å². The van der Waals surface area contributed by atoms with Crippen molar-refractivity contribution in [3.05, 3.63) is 47.2 Å². The fourth-order valence-corrected chi connectivity index (χ4v) is 2.52. The van der Waals surface area contributed by atoms with E-state index in [1.54, 1.807) is 38.1 Å². The van der Waals surface area contributed by atoms with Crippen LogP contribution in [0.25, 0.3) is 0 Å². The van der Waals surface area contributed by atoms with Crippen molar-refractivity contribution in [2.45, 2.75) is 32.0 Å². The maximum atomic E-state index is 12.1. The summed E-state index contributed by atoms with van der Waals surface area (Å²) in [4.78, 5) is 24.2. The minimum Gasteiger partial charge on any atom is -0.461 e. The average Bonchev–Trinajstić information content (AvgIpc) is 2.61. The predicted molar refractivity (Wildman–Crippen MR) is 89.1 cm³/mol. The highest BCUT2D eigenvalue weighted by Gasteiger charge is 2.47. The molecule has 0 bridgehead atoms. The molecule has 0 aromatic heterocycles. The number of aliphatic hydroxyl groups is 1. The maximum absolute atomic E-state index is 12.1. The number of carbonyl (C=O) groups is 2. The van der Waals surface area contributed by atoms with Crippen LogP contribution in [0.1, 0.15) is 37.3 Å². The Balaban J connectivity index is 2.38. The van der Waals surface area contributed by atoms with Crippen molar-refractivity contribution in [1.82, 2.24) is 0 Å². The van der Waals surface area contributed by atoms with Gasteiger partial charge in [-0.25, -0.2) is 9.59 Å². The summed E-state index contributed by atoms with van der Waals surface area (Å²) in [6.45, 7) is 3.47. The maximum Gasteiger partial charge on any atom is 0.379 e. The minimum atomic E-state index is -2.26. The van der Waals surface area contributed by atoms with E-state index >= 15 is 0 Å². The van der Waals surface area contributed by atoms with E-state index in [4.69, 9.17) is 20.6 Å². The standard InChI is InChI=1S/C19H20O6/c1-4-13-7-9-14(10-8-13)15-11-16(17(20)23-5-2)25-19(22,12-15)18(21)24-6-3/h1,7-11,15,22H,5-6,12H2,2-3H3/t15-,19?/m1/s1. The van der Waals surface area contributed by atoms with Crippen molar-refractivity contribution in [2.75, 3.05) is 13.2 Å². The molecule has 1 unspecified atom stereocenters. The number of benzene rings is 1. The number of hydrogen-bond acceptors (Lipinski definition) is 6. The number of hydrogen-bond donors (Lipinski definition) is 1. The Morgan fingerprint density at radius 2 is 1.92 bits per heavy atom. The zero-order valence-electron chi connectivity index (χ0n) is 14.2. The van der Waals surface area contributed by atoms with E-state index < -0.39 is 23.6 Å². The Kier molecular flexibility index (Phi) is 5.84. The fourth-order valence-electron chi connectivity index (χ4n) is 2.52. The molecule has 0 saturated heterocycles. The second-order valence-corrected chi connectivity index (χ2v) is 5.44. The zero-order valence-corrected chi connectivity index (χ0v) is 14.2. The average molecular weight is 344 g/mol. The largest absolute Gasteiger partial charge is 0.461 e. The van der Waals surface area contributed by atoms with Crippen LogP contribution in [0.15, 0.2) is 36.1 Å². The molecule has 6 nitrogen and oxygen atoms in total. The van der Waals surface area contributed by atoms with Gasteiger partial charge in [-0.05, 0) is 37.6 Å². The van der Waals surface area contributed by atoms with Crippen molar-refractivity contribution in [3.63, 3.8) is 0 Å². The molecule has 0 fully saturated rings. The van der Waals surface area contributed by atoms with Gasteiger partial charge in [-0.15, -0.1) is 6.42 Å². The molecule has 1 N–H and O–H groups in total. The second kappa shape index (κ2) is 7.86. The van der Waals surface area contributed by atoms with Crippen molar-refractivity contribution in [2.24, 2.45) is 0 Å². The molecule has 0 amide bonds. The third-order valence-electron chi connectivity index (χ3n) is 3.70. The Labute approximate surface area is 146 Å². The molecule has 2 rings (SSSR count). The summed E-state index contributed by atoms with van der Waals surface area (Å²) in [7, 11) is 0. The first-order valence-electron chi connectivity index (χ1n) is 7.97. The first-order valence-corrected chi connectivity index (χ1v) is 7.97. The number of allylic oxidation sites excluding steroid dienone is 1. The van der Waals surface area contributed by atoms with Gasteiger partial charge >= 0.3 is 17.7 Å². The highest BCUT2D eigenvalue weighted by atomic mass is 16.7. The molecule has 1 aromatic rings. The number of esters is 2. The van der Waals surface area contributed by atoms with E-state index in [9.17, 15) is 14.7 Å². The van der Waals surface area contributed by atoms with Gasteiger partial charge in [0.25, 0.3) is 0 Å². The second-order valence-electron chi connectivity index (χ2n) is 5.44. The molecule has 0 radical (unpaired) electrons. The van der Waals surface area contributed by atoms with E-state index in [2.05, 4.69) is 5.92 Å². The first kappa shape index (κ1) is 18.6. The third-order valence-corrected chi connectivity index (χ3v) is 3.70. The monoisotopic (exact) mass is 344 g/mol. The van der Waals surface area contributed by atoms with Gasteiger partial charge in [-0.3, -0.25) is 0 Å². The minimum absolute atomic E-state index is 0.0739. The van der Waals surface area contributed by atoms with Gasteiger partial charge < -0.3 is 19.3 Å². The SMILES string of the molecule is C#Cc1ccc([C@@H]2C=C(C(=O)OCC)OC(O)(C(=O)OCC)C2)cc1. The van der Waals surface area contributed by atoms with Crippen LogP contribution < -0.4 is 0 Å². The van der Waals surface area contributed by atoms with Gasteiger partial charge in [0, 0.05) is 17.9 Å². The molecule has 1 heterocycles. The summed E-state index contributed by atoms with van der Waals surface area (Å²) in [5, 5.41) is 10.6. The molecule has 0 spiro atoms. The summed E-state index contributed by atoms with van der Waals surface area (Å²) in [6.07, 6.45) is 6.78. The lowest BCUT2D eigenvalue weighted by Gasteiger charge is -2.33. The molecule has 25 heavy (non-hydrogen) atoms. The quantitative estimate of drug-likeness (QED) is 0.649. The molecule has 1 aliphatic heterocycles. The Hall–Kier alpha value is -2.78. The van der Waals surface area contributed by atoms with Crippen LogP contribution in [-0.2, 0) is 23.8 Å². The lowest BCUT2D eigenvalue weighted by Crippen LogP contribution is -2.46. The Morgan fingerprint density at radius 3 is 2.48 bits per heavy atom. The predicted octanol–water partition coefficient (Wildman–Crippen LogP) is 1.87. The molecule has 0 aliphatic carbocycles. The number of rotatable bonds is 5. The summed E-state index contributed by atoms with van der Waals surface area (Å²) in [5.74, 6) is -2.13.